The molecule has 1 heterocycles. The van der Waals surface area contributed by atoms with Gasteiger partial charge in [-0.15, -0.1) is 0 Å². The van der Waals surface area contributed by atoms with Gasteiger partial charge in [0.1, 0.15) is 0 Å². The molecule has 1 aliphatic carbocycles. The SMILES string of the molecule is N#CCCCN1C(=O)C2CC2C1=O. The summed E-state index contributed by atoms with van der Waals surface area (Å²) in [5, 5.41) is 8.29. The van der Waals surface area contributed by atoms with Crippen LogP contribution in [0.3, 0.4) is 0 Å². The Morgan fingerprint density at radius 3 is 2.54 bits per heavy atom. The lowest BCUT2D eigenvalue weighted by molar-refractivity contribution is -0.141. The second-order valence-electron chi connectivity index (χ2n) is 3.54. The lowest BCUT2D eigenvalue weighted by Gasteiger charge is -2.14. The molecule has 2 rings (SSSR count). The highest BCUT2D eigenvalue weighted by molar-refractivity contribution is 6.08. The molecule has 4 heteroatoms. The Bertz CT molecular complexity index is 285. The number of rotatable bonds is 3. The Hall–Kier alpha value is -1.37. The molecule has 1 aliphatic heterocycles. The molecular weight excluding hydrogens is 168 g/mol. The lowest BCUT2D eigenvalue weighted by Crippen LogP contribution is -2.33. The van der Waals surface area contributed by atoms with Crippen LogP contribution in [0.2, 0.25) is 0 Å². The van der Waals surface area contributed by atoms with Crippen LogP contribution in [0.5, 0.6) is 0 Å². The number of likely N-dealkylation sites (tertiary alicyclic amines) is 1. The lowest BCUT2D eigenvalue weighted by atomic mass is 10.3. The highest BCUT2D eigenvalue weighted by Crippen LogP contribution is 2.46. The number of nitriles is 1. The molecule has 2 amide bonds. The van der Waals surface area contributed by atoms with Gasteiger partial charge in [0.05, 0.1) is 17.9 Å². The third-order valence-corrected chi connectivity index (χ3v) is 2.63. The Balaban J connectivity index is 1.90. The van der Waals surface area contributed by atoms with E-state index in [0.29, 0.717) is 19.4 Å². The van der Waals surface area contributed by atoms with Crippen molar-refractivity contribution in [2.24, 2.45) is 11.8 Å². The average Bonchev–Trinajstić information content (AvgIpc) is 2.85. The summed E-state index contributed by atoms with van der Waals surface area (Å²) in [6, 6.07) is 1.99. The van der Waals surface area contributed by atoms with Crippen LogP contribution in [0.1, 0.15) is 19.3 Å². The fourth-order valence-corrected chi connectivity index (χ4v) is 1.79. The fraction of sp³-hybridized carbons (Fsp3) is 0.667. The number of piperidine rings is 1. The van der Waals surface area contributed by atoms with Gasteiger partial charge in [-0.05, 0) is 12.8 Å². The first kappa shape index (κ1) is 8.24. The van der Waals surface area contributed by atoms with Crippen LogP contribution < -0.4 is 0 Å². The maximum atomic E-state index is 11.4. The molecule has 2 atom stereocenters. The Morgan fingerprint density at radius 2 is 2.00 bits per heavy atom. The van der Waals surface area contributed by atoms with Crippen molar-refractivity contribution in [1.82, 2.24) is 4.90 Å². The van der Waals surface area contributed by atoms with Gasteiger partial charge in [0.25, 0.3) is 0 Å². The Kier molecular flexibility index (Phi) is 1.80. The van der Waals surface area contributed by atoms with Crippen molar-refractivity contribution >= 4 is 11.8 Å². The zero-order valence-corrected chi connectivity index (χ0v) is 7.19. The third kappa shape index (κ3) is 1.21. The van der Waals surface area contributed by atoms with Crippen molar-refractivity contribution in [3.63, 3.8) is 0 Å². The van der Waals surface area contributed by atoms with E-state index in [2.05, 4.69) is 0 Å². The van der Waals surface area contributed by atoms with Crippen LogP contribution in [-0.4, -0.2) is 23.3 Å². The van der Waals surface area contributed by atoms with E-state index < -0.39 is 0 Å². The first-order valence-corrected chi connectivity index (χ1v) is 4.48. The number of carbonyl (C=O) groups is 2. The third-order valence-electron chi connectivity index (χ3n) is 2.63. The Labute approximate surface area is 76.1 Å². The molecule has 0 aromatic rings. The quantitative estimate of drug-likeness (QED) is 0.461. The number of hydrogen-bond acceptors (Lipinski definition) is 3. The van der Waals surface area contributed by atoms with Crippen molar-refractivity contribution in [3.05, 3.63) is 0 Å². The molecule has 2 aliphatic rings. The van der Waals surface area contributed by atoms with Gasteiger partial charge in [-0.2, -0.15) is 5.26 Å². The van der Waals surface area contributed by atoms with Crippen molar-refractivity contribution in [1.29, 1.82) is 5.26 Å². The van der Waals surface area contributed by atoms with E-state index in [0.717, 1.165) is 6.42 Å². The van der Waals surface area contributed by atoms with Crippen molar-refractivity contribution in [2.45, 2.75) is 19.3 Å². The number of amides is 2. The molecule has 4 nitrogen and oxygen atoms in total. The van der Waals surface area contributed by atoms with Crippen molar-refractivity contribution in [3.8, 4) is 6.07 Å². The predicted molar refractivity (Wildman–Crippen MR) is 43.2 cm³/mol. The molecule has 0 spiro atoms. The summed E-state index contributed by atoms with van der Waals surface area (Å²) in [6.45, 7) is 0.429. The van der Waals surface area contributed by atoms with Crippen LogP contribution in [0.4, 0.5) is 0 Å². The van der Waals surface area contributed by atoms with Gasteiger partial charge in [0.2, 0.25) is 11.8 Å². The summed E-state index contributed by atoms with van der Waals surface area (Å²) in [5.41, 5.74) is 0. The number of hydrogen-bond donors (Lipinski definition) is 0. The smallest absolute Gasteiger partial charge is 0.233 e. The minimum atomic E-state index is -0.0204. The molecule has 1 saturated heterocycles. The van der Waals surface area contributed by atoms with Crippen LogP contribution in [0.25, 0.3) is 0 Å². The van der Waals surface area contributed by atoms with E-state index in [1.165, 1.54) is 4.90 Å². The molecular formula is C9H10N2O2. The monoisotopic (exact) mass is 178 g/mol. The van der Waals surface area contributed by atoms with Gasteiger partial charge in [-0.25, -0.2) is 0 Å². The summed E-state index contributed by atoms with van der Waals surface area (Å²) in [6.07, 6.45) is 1.77. The number of unbranched alkanes of at least 4 members (excludes halogenated alkanes) is 1. The summed E-state index contributed by atoms with van der Waals surface area (Å²) in [4.78, 5) is 24.1. The van der Waals surface area contributed by atoms with E-state index in [4.69, 9.17) is 5.26 Å². The fourth-order valence-electron chi connectivity index (χ4n) is 1.79. The van der Waals surface area contributed by atoms with Crippen LogP contribution >= 0.6 is 0 Å². The highest BCUT2D eigenvalue weighted by atomic mass is 16.2. The summed E-state index contributed by atoms with van der Waals surface area (Å²) in [7, 11) is 0. The number of fused-ring (bicyclic) bond motifs is 1. The second kappa shape index (κ2) is 2.84. The van der Waals surface area contributed by atoms with Crippen molar-refractivity contribution in [2.75, 3.05) is 6.54 Å². The topological polar surface area (TPSA) is 61.2 Å². The number of nitrogens with zero attached hydrogens (tertiary/aromatic N) is 2. The molecule has 2 fully saturated rings. The van der Waals surface area contributed by atoms with Gasteiger partial charge in [0.15, 0.2) is 0 Å². The number of imide groups is 1. The zero-order chi connectivity index (χ0) is 9.42. The van der Waals surface area contributed by atoms with Gasteiger partial charge in [0, 0.05) is 13.0 Å². The van der Waals surface area contributed by atoms with Gasteiger partial charge in [-0.3, -0.25) is 14.5 Å². The van der Waals surface area contributed by atoms with Gasteiger partial charge >= 0.3 is 0 Å². The molecule has 13 heavy (non-hydrogen) atoms. The molecule has 0 aromatic carbocycles. The van der Waals surface area contributed by atoms with Crippen LogP contribution in [-0.2, 0) is 9.59 Å². The van der Waals surface area contributed by atoms with E-state index in [1.807, 2.05) is 6.07 Å². The zero-order valence-electron chi connectivity index (χ0n) is 7.19. The highest BCUT2D eigenvalue weighted by Gasteiger charge is 2.58. The molecule has 1 saturated carbocycles. The van der Waals surface area contributed by atoms with E-state index in [-0.39, 0.29) is 23.7 Å². The van der Waals surface area contributed by atoms with Gasteiger partial charge < -0.3 is 0 Å². The maximum Gasteiger partial charge on any atom is 0.233 e. The first-order valence-electron chi connectivity index (χ1n) is 4.48. The minimum absolute atomic E-state index is 0.00501. The van der Waals surface area contributed by atoms with Crippen molar-refractivity contribution < 1.29 is 9.59 Å². The predicted octanol–water partition coefficient (Wildman–Crippen LogP) is 0.295. The molecule has 2 unspecified atom stereocenters. The molecule has 0 radical (unpaired) electrons. The number of carbonyl (C=O) groups excluding carboxylic acids is 2. The van der Waals surface area contributed by atoms with Crippen LogP contribution in [0.15, 0.2) is 0 Å². The second-order valence-corrected chi connectivity index (χ2v) is 3.54. The minimum Gasteiger partial charge on any atom is -0.282 e. The molecule has 68 valence electrons. The van der Waals surface area contributed by atoms with Crippen LogP contribution in [0, 0.1) is 23.2 Å². The van der Waals surface area contributed by atoms with Gasteiger partial charge in [-0.1, -0.05) is 0 Å². The summed E-state index contributed by atoms with van der Waals surface area (Å²) in [5.74, 6) is -0.0509. The normalized spacial score (nSPS) is 30.2. The Morgan fingerprint density at radius 1 is 1.38 bits per heavy atom. The maximum absolute atomic E-state index is 11.4. The average molecular weight is 178 g/mol. The van der Waals surface area contributed by atoms with E-state index in [1.54, 1.807) is 0 Å². The van der Waals surface area contributed by atoms with E-state index >= 15 is 0 Å². The van der Waals surface area contributed by atoms with E-state index in [9.17, 15) is 9.59 Å². The molecule has 0 bridgehead atoms. The largest absolute Gasteiger partial charge is 0.282 e. The summed E-state index contributed by atoms with van der Waals surface area (Å²) < 4.78 is 0. The molecule has 0 aromatic heterocycles. The standard InChI is InChI=1S/C9H10N2O2/c10-3-1-2-4-11-8(12)6-5-7(6)9(11)13/h6-7H,1-2,4-5H2. The first-order chi connectivity index (χ1) is 6.25. The summed E-state index contributed by atoms with van der Waals surface area (Å²) >= 11 is 0. The molecule has 0 N–H and O–H groups in total.